The van der Waals surface area contributed by atoms with E-state index in [1.165, 1.54) is 31.9 Å². The van der Waals surface area contributed by atoms with Crippen molar-refractivity contribution in [2.24, 2.45) is 15.5 Å². The molecule has 0 aliphatic carbocycles. The first kappa shape index (κ1) is 27.5. The summed E-state index contributed by atoms with van der Waals surface area (Å²) >= 11 is 0.865. The van der Waals surface area contributed by atoms with Crippen LogP contribution in [0.25, 0.3) is 0 Å². The number of carbonyl (C=O) groups is 2. The standard InChI is InChI=1S/C26H32N4O5S/c1-30(26(34)35)25(27-28-29-30)36-23(22(31)24(32)33)21-18-12-11-17-20(21)16-10-5-3-2-4-7-13-19-14-8-6-9-15-19/h6,8-9,11-12,14-15,17-18,22-23,31H,2-5,7,10,13,16H2,1H3,(H-,32,33,34,35)/p+1. The normalized spacial score (nSPS) is 18.6. The number of carboxylic acid groups (broad SMARTS) is 2. The Morgan fingerprint density at radius 2 is 1.50 bits per heavy atom. The van der Waals surface area contributed by atoms with Crippen molar-refractivity contribution in [3.8, 4) is 0 Å². The van der Waals surface area contributed by atoms with Crippen molar-refractivity contribution in [1.82, 2.24) is 0 Å². The zero-order chi connectivity index (χ0) is 26.0. The fraction of sp³-hybridized carbons (Fsp3) is 0.423. The van der Waals surface area contributed by atoms with Crippen LogP contribution in [0.2, 0.25) is 0 Å². The van der Waals surface area contributed by atoms with Crippen LogP contribution in [-0.4, -0.2) is 50.3 Å². The number of carboxylic acids is 1. The first-order valence-corrected chi connectivity index (χ1v) is 13.0. The number of benzene rings is 2. The summed E-state index contributed by atoms with van der Waals surface area (Å²) in [5.74, 6) is -1.39. The third kappa shape index (κ3) is 7.22. The Morgan fingerprint density at radius 1 is 0.889 bits per heavy atom. The van der Waals surface area contributed by atoms with Gasteiger partial charge in [-0.2, -0.15) is 4.79 Å². The van der Waals surface area contributed by atoms with Gasteiger partial charge in [-0.15, -0.1) is 0 Å². The molecule has 1 heterocycles. The van der Waals surface area contributed by atoms with E-state index < -0.39 is 28.0 Å². The van der Waals surface area contributed by atoms with Crippen LogP contribution in [0.4, 0.5) is 4.79 Å². The smallest absolute Gasteiger partial charge is 0.479 e. The van der Waals surface area contributed by atoms with Crippen molar-refractivity contribution < 1.29 is 29.5 Å². The number of aryl methyl sites for hydroxylation is 2. The van der Waals surface area contributed by atoms with E-state index in [9.17, 15) is 24.9 Å². The second-order valence-electron chi connectivity index (χ2n) is 8.93. The number of rotatable bonds is 13. The molecule has 0 saturated carbocycles. The van der Waals surface area contributed by atoms with Crippen LogP contribution in [0, 0.1) is 0 Å². The zero-order valence-corrected chi connectivity index (χ0v) is 21.2. The average molecular weight is 514 g/mol. The quantitative estimate of drug-likeness (QED) is 0.229. The fourth-order valence-corrected chi connectivity index (χ4v) is 5.32. The Labute approximate surface area is 215 Å². The number of unbranched alkanes of at least 4 members (excludes halogenated alkanes) is 5. The van der Waals surface area contributed by atoms with E-state index in [1.54, 1.807) is 12.1 Å². The number of aliphatic carboxylic acids is 1. The molecule has 0 spiro atoms. The number of aliphatic hydroxyl groups excluding tert-OH is 1. The molecule has 1 aliphatic heterocycles. The third-order valence-corrected chi connectivity index (χ3v) is 7.65. The van der Waals surface area contributed by atoms with Gasteiger partial charge in [0.05, 0.1) is 10.5 Å². The molecule has 1 amide bonds. The summed E-state index contributed by atoms with van der Waals surface area (Å²) in [5, 5.41) is 39.5. The Hall–Kier alpha value is -3.08. The van der Waals surface area contributed by atoms with Crippen LogP contribution in [0.1, 0.15) is 60.5 Å². The molecular formula is C26H33N4O5S+. The van der Waals surface area contributed by atoms with Crippen molar-refractivity contribution in [2.75, 3.05) is 7.05 Å². The molecule has 3 rings (SSSR count). The van der Waals surface area contributed by atoms with Gasteiger partial charge in [0, 0.05) is 5.22 Å². The molecule has 1 aliphatic rings. The van der Waals surface area contributed by atoms with E-state index in [-0.39, 0.29) is 5.17 Å². The topological polar surface area (TPSA) is 132 Å². The van der Waals surface area contributed by atoms with Gasteiger partial charge in [0.1, 0.15) is 7.05 Å². The predicted molar refractivity (Wildman–Crippen MR) is 138 cm³/mol. The summed E-state index contributed by atoms with van der Waals surface area (Å²) in [6, 6.07) is 17.9. The molecule has 3 atom stereocenters. The Kier molecular flexibility index (Phi) is 10.2. The second-order valence-corrected chi connectivity index (χ2v) is 10.0. The van der Waals surface area contributed by atoms with Crippen molar-refractivity contribution >= 4 is 29.0 Å². The highest BCUT2D eigenvalue weighted by molar-refractivity contribution is 8.13. The van der Waals surface area contributed by atoms with E-state index in [0.717, 1.165) is 49.4 Å². The maximum atomic E-state index is 11.7. The van der Waals surface area contributed by atoms with Crippen LogP contribution in [0.15, 0.2) is 70.1 Å². The summed E-state index contributed by atoms with van der Waals surface area (Å²) in [6.45, 7) is 0. The number of amides is 1. The lowest BCUT2D eigenvalue weighted by molar-refractivity contribution is -0.748. The van der Waals surface area contributed by atoms with Crippen LogP contribution >= 0.6 is 11.8 Å². The van der Waals surface area contributed by atoms with Gasteiger partial charge in [0.2, 0.25) is 0 Å². The van der Waals surface area contributed by atoms with Crippen molar-refractivity contribution in [3.63, 3.8) is 0 Å². The van der Waals surface area contributed by atoms with E-state index in [0.29, 0.717) is 5.56 Å². The van der Waals surface area contributed by atoms with E-state index >= 15 is 0 Å². The zero-order valence-electron chi connectivity index (χ0n) is 20.4. The summed E-state index contributed by atoms with van der Waals surface area (Å²) < 4.78 is -0.944. The molecule has 36 heavy (non-hydrogen) atoms. The molecule has 0 radical (unpaired) electrons. The highest BCUT2D eigenvalue weighted by Gasteiger charge is 2.47. The van der Waals surface area contributed by atoms with Crippen LogP contribution in [0.3, 0.4) is 0 Å². The molecule has 3 N–H and O–H groups in total. The molecule has 3 unspecified atom stereocenters. The maximum Gasteiger partial charge on any atom is 0.549 e. The SMILES string of the molecule is C[N+]1(C(=O)O)N=NN=C1SC(c1ccccc1CCCCCCCCc1ccccc1)C(O)C(=O)O. The highest BCUT2D eigenvalue weighted by Crippen LogP contribution is 2.39. The monoisotopic (exact) mass is 513 g/mol. The van der Waals surface area contributed by atoms with Crippen molar-refractivity contribution in [2.45, 2.75) is 62.7 Å². The first-order chi connectivity index (χ1) is 17.3. The van der Waals surface area contributed by atoms with Crippen LogP contribution in [0.5, 0.6) is 0 Å². The summed E-state index contributed by atoms with van der Waals surface area (Å²) in [4.78, 5) is 23.4. The maximum absolute atomic E-state index is 11.7. The van der Waals surface area contributed by atoms with Gasteiger partial charge in [-0.3, -0.25) is 0 Å². The number of hydrogen-bond acceptors (Lipinski definition) is 7. The minimum Gasteiger partial charge on any atom is -0.479 e. The van der Waals surface area contributed by atoms with Gasteiger partial charge in [0.25, 0.3) is 0 Å². The second kappa shape index (κ2) is 13.3. The van der Waals surface area contributed by atoms with E-state index in [2.05, 4.69) is 39.8 Å². The molecule has 2 aromatic carbocycles. The Morgan fingerprint density at radius 3 is 2.17 bits per heavy atom. The van der Waals surface area contributed by atoms with Crippen molar-refractivity contribution in [1.29, 1.82) is 0 Å². The minimum absolute atomic E-state index is 0.0156. The predicted octanol–water partition coefficient (Wildman–Crippen LogP) is 5.81. The lowest BCUT2D eigenvalue weighted by Gasteiger charge is -2.24. The van der Waals surface area contributed by atoms with Gasteiger partial charge >= 0.3 is 17.2 Å². The van der Waals surface area contributed by atoms with E-state index in [4.69, 9.17) is 0 Å². The average Bonchev–Trinajstić information content (AvgIpc) is 3.26. The van der Waals surface area contributed by atoms with Gasteiger partial charge in [-0.05, 0) is 58.7 Å². The number of quaternary nitrogens is 1. The number of aliphatic hydroxyl groups is 1. The molecule has 0 saturated heterocycles. The fourth-order valence-electron chi connectivity index (χ4n) is 4.09. The Bertz CT molecular complexity index is 1090. The summed E-state index contributed by atoms with van der Waals surface area (Å²) in [5.41, 5.74) is 2.95. The lowest BCUT2D eigenvalue weighted by Crippen LogP contribution is -2.46. The van der Waals surface area contributed by atoms with Gasteiger partial charge in [0.15, 0.2) is 6.10 Å². The highest BCUT2D eigenvalue weighted by atomic mass is 32.2. The number of nitrogens with zero attached hydrogens (tertiary/aromatic N) is 4. The Balaban J connectivity index is 1.56. The van der Waals surface area contributed by atoms with Crippen LogP contribution < -0.4 is 0 Å². The summed E-state index contributed by atoms with van der Waals surface area (Å²) in [7, 11) is 1.29. The lowest BCUT2D eigenvalue weighted by atomic mass is 9.96. The van der Waals surface area contributed by atoms with E-state index in [1.807, 2.05) is 18.2 Å². The molecule has 2 aromatic rings. The minimum atomic E-state index is -1.76. The van der Waals surface area contributed by atoms with Crippen LogP contribution in [-0.2, 0) is 17.6 Å². The number of thioether (sulfide) groups is 1. The molecule has 0 aromatic heterocycles. The number of hydrogen-bond donors (Lipinski definition) is 3. The molecule has 192 valence electrons. The molecule has 9 nitrogen and oxygen atoms in total. The first-order valence-electron chi connectivity index (χ1n) is 12.1. The number of amidine groups is 1. The molecule has 0 bridgehead atoms. The van der Waals surface area contributed by atoms with Crippen molar-refractivity contribution in [3.05, 3.63) is 71.3 Å². The van der Waals surface area contributed by atoms with Gasteiger partial charge in [-0.1, -0.05) is 85.4 Å². The molecular weight excluding hydrogens is 480 g/mol. The molecule has 0 fully saturated rings. The van der Waals surface area contributed by atoms with Gasteiger partial charge < -0.3 is 15.3 Å². The van der Waals surface area contributed by atoms with Gasteiger partial charge in [-0.25, -0.2) is 4.79 Å². The molecule has 10 heteroatoms. The summed E-state index contributed by atoms with van der Waals surface area (Å²) in [6.07, 6.45) is 5.42. The third-order valence-electron chi connectivity index (χ3n) is 6.23. The largest absolute Gasteiger partial charge is 0.549 e.